The van der Waals surface area contributed by atoms with Crippen LogP contribution >= 0.6 is 12.4 Å². The van der Waals surface area contributed by atoms with E-state index in [1.165, 1.54) is 16.7 Å². The number of nitrogens with zero attached hydrogens (tertiary/aromatic N) is 1. The lowest BCUT2D eigenvalue weighted by Gasteiger charge is -2.29. The lowest BCUT2D eigenvalue weighted by Crippen LogP contribution is -2.43. The number of carbonyl (C=O) groups excluding carboxylic acids is 1. The van der Waals surface area contributed by atoms with Gasteiger partial charge >= 0.3 is 0 Å². The molecule has 2 unspecified atom stereocenters. The van der Waals surface area contributed by atoms with Crippen molar-refractivity contribution in [1.29, 1.82) is 0 Å². The predicted molar refractivity (Wildman–Crippen MR) is 89.7 cm³/mol. The van der Waals surface area contributed by atoms with Crippen molar-refractivity contribution in [2.45, 2.75) is 58.5 Å². The molecule has 2 rings (SSSR count). The van der Waals surface area contributed by atoms with Crippen molar-refractivity contribution < 1.29 is 4.79 Å². The molecular formula is C17H27ClN2O. The van der Waals surface area contributed by atoms with Gasteiger partial charge in [0.2, 0.25) is 5.91 Å². The third-order valence-electron chi connectivity index (χ3n) is 4.46. The first kappa shape index (κ1) is 18.0. The van der Waals surface area contributed by atoms with Crippen molar-refractivity contribution in [2.75, 3.05) is 6.54 Å². The maximum atomic E-state index is 12.5. The molecule has 0 aliphatic carbocycles. The number of rotatable bonds is 4. The topological polar surface area (TPSA) is 46.3 Å². The number of aryl methyl sites for hydroxylation is 1. The summed E-state index contributed by atoms with van der Waals surface area (Å²) in [5.74, 6) is 0.121. The van der Waals surface area contributed by atoms with Gasteiger partial charge in [-0.1, -0.05) is 31.5 Å². The summed E-state index contributed by atoms with van der Waals surface area (Å²) >= 11 is 0. The molecular weight excluding hydrogens is 284 g/mol. The lowest BCUT2D eigenvalue weighted by molar-refractivity contribution is -0.133. The molecule has 0 spiro atoms. The number of benzene rings is 1. The van der Waals surface area contributed by atoms with Crippen LogP contribution in [0.25, 0.3) is 0 Å². The Morgan fingerprint density at radius 1 is 1.43 bits per heavy atom. The van der Waals surface area contributed by atoms with Gasteiger partial charge in [0.05, 0.1) is 12.1 Å². The molecule has 0 saturated carbocycles. The molecule has 1 aromatic carbocycles. The Morgan fingerprint density at radius 3 is 2.81 bits per heavy atom. The van der Waals surface area contributed by atoms with E-state index in [1.807, 2.05) is 4.90 Å². The Bertz CT molecular complexity index is 490. The molecule has 1 saturated heterocycles. The Hall–Kier alpha value is -1.06. The minimum absolute atomic E-state index is 0. The summed E-state index contributed by atoms with van der Waals surface area (Å²) in [5, 5.41) is 0. The van der Waals surface area contributed by atoms with Crippen LogP contribution in [0.2, 0.25) is 0 Å². The highest BCUT2D eigenvalue weighted by atomic mass is 35.5. The van der Waals surface area contributed by atoms with E-state index in [2.05, 4.69) is 39.0 Å². The largest absolute Gasteiger partial charge is 0.334 e. The van der Waals surface area contributed by atoms with Crippen molar-refractivity contribution in [3.63, 3.8) is 0 Å². The molecule has 0 radical (unpaired) electrons. The highest BCUT2D eigenvalue weighted by Gasteiger charge is 2.33. The molecule has 0 bridgehead atoms. The minimum atomic E-state index is -0.342. The van der Waals surface area contributed by atoms with Crippen molar-refractivity contribution in [3.05, 3.63) is 34.9 Å². The molecule has 1 fully saturated rings. The number of halogens is 1. The van der Waals surface area contributed by atoms with E-state index in [1.54, 1.807) is 0 Å². The average molecular weight is 311 g/mol. The normalized spacial score (nSPS) is 19.2. The highest BCUT2D eigenvalue weighted by Crippen LogP contribution is 2.34. The second-order valence-electron chi connectivity index (χ2n) is 5.87. The molecule has 1 aliphatic rings. The third-order valence-corrected chi connectivity index (χ3v) is 4.46. The fourth-order valence-corrected chi connectivity index (χ4v) is 3.14. The lowest BCUT2D eigenvalue weighted by atomic mass is 9.95. The van der Waals surface area contributed by atoms with Crippen molar-refractivity contribution in [1.82, 2.24) is 4.90 Å². The zero-order chi connectivity index (χ0) is 14.7. The van der Waals surface area contributed by atoms with Crippen LogP contribution < -0.4 is 5.73 Å². The van der Waals surface area contributed by atoms with Crippen LogP contribution in [-0.2, 0) is 4.79 Å². The first-order valence-corrected chi connectivity index (χ1v) is 7.68. The SMILES string of the molecule is CCCC(N)C(=O)N1CCCC1c1cccc(C)c1C.Cl. The van der Waals surface area contributed by atoms with Gasteiger partial charge in [0.25, 0.3) is 0 Å². The summed E-state index contributed by atoms with van der Waals surface area (Å²) in [4.78, 5) is 14.5. The van der Waals surface area contributed by atoms with Crippen LogP contribution in [0.4, 0.5) is 0 Å². The van der Waals surface area contributed by atoms with Crippen molar-refractivity contribution in [2.24, 2.45) is 5.73 Å². The fourth-order valence-electron chi connectivity index (χ4n) is 3.14. The maximum absolute atomic E-state index is 12.5. The number of hydrogen-bond donors (Lipinski definition) is 1. The molecule has 1 amide bonds. The quantitative estimate of drug-likeness (QED) is 0.925. The fraction of sp³-hybridized carbons (Fsp3) is 0.588. The maximum Gasteiger partial charge on any atom is 0.239 e. The number of amides is 1. The smallest absolute Gasteiger partial charge is 0.239 e. The van der Waals surface area contributed by atoms with Gasteiger partial charge in [0, 0.05) is 6.54 Å². The van der Waals surface area contributed by atoms with Gasteiger partial charge in [-0.2, -0.15) is 0 Å². The number of likely N-dealkylation sites (tertiary alicyclic amines) is 1. The average Bonchev–Trinajstić information content (AvgIpc) is 2.90. The van der Waals surface area contributed by atoms with Crippen LogP contribution in [-0.4, -0.2) is 23.4 Å². The Balaban J connectivity index is 0.00000220. The molecule has 118 valence electrons. The predicted octanol–water partition coefficient (Wildman–Crippen LogP) is 3.52. The summed E-state index contributed by atoms with van der Waals surface area (Å²) in [5.41, 5.74) is 9.91. The molecule has 1 aliphatic heterocycles. The second-order valence-corrected chi connectivity index (χ2v) is 5.87. The van der Waals surface area contributed by atoms with Gasteiger partial charge in [-0.05, 0) is 49.8 Å². The summed E-state index contributed by atoms with van der Waals surface area (Å²) < 4.78 is 0. The van der Waals surface area contributed by atoms with Crippen LogP contribution in [0, 0.1) is 13.8 Å². The van der Waals surface area contributed by atoms with E-state index < -0.39 is 0 Å². The summed E-state index contributed by atoms with van der Waals surface area (Å²) in [6.07, 6.45) is 3.85. The van der Waals surface area contributed by atoms with E-state index in [9.17, 15) is 4.79 Å². The minimum Gasteiger partial charge on any atom is -0.334 e. The van der Waals surface area contributed by atoms with Crippen LogP contribution in [0.5, 0.6) is 0 Å². The van der Waals surface area contributed by atoms with E-state index >= 15 is 0 Å². The van der Waals surface area contributed by atoms with Gasteiger partial charge in [-0.3, -0.25) is 4.79 Å². The van der Waals surface area contributed by atoms with Gasteiger partial charge in [0.15, 0.2) is 0 Å². The highest BCUT2D eigenvalue weighted by molar-refractivity contribution is 5.85. The molecule has 0 aromatic heterocycles. The van der Waals surface area contributed by atoms with Crippen LogP contribution in [0.3, 0.4) is 0 Å². The summed E-state index contributed by atoms with van der Waals surface area (Å²) in [6.45, 7) is 7.19. The zero-order valence-corrected chi connectivity index (χ0v) is 14.1. The molecule has 3 nitrogen and oxygen atoms in total. The summed E-state index contributed by atoms with van der Waals surface area (Å²) in [6, 6.07) is 6.24. The van der Waals surface area contributed by atoms with E-state index in [0.29, 0.717) is 0 Å². The Labute approximate surface area is 134 Å². The second kappa shape index (κ2) is 7.81. The van der Waals surface area contributed by atoms with E-state index in [-0.39, 0.29) is 30.4 Å². The van der Waals surface area contributed by atoms with Gasteiger partial charge in [-0.25, -0.2) is 0 Å². The monoisotopic (exact) mass is 310 g/mol. The summed E-state index contributed by atoms with van der Waals surface area (Å²) in [7, 11) is 0. The Kier molecular flexibility index (Phi) is 6.69. The van der Waals surface area contributed by atoms with Gasteiger partial charge < -0.3 is 10.6 Å². The number of carbonyl (C=O) groups is 1. The zero-order valence-electron chi connectivity index (χ0n) is 13.3. The molecule has 1 heterocycles. The van der Waals surface area contributed by atoms with Gasteiger partial charge in [-0.15, -0.1) is 12.4 Å². The first-order chi connectivity index (χ1) is 9.56. The van der Waals surface area contributed by atoms with Crippen molar-refractivity contribution >= 4 is 18.3 Å². The van der Waals surface area contributed by atoms with Crippen molar-refractivity contribution in [3.8, 4) is 0 Å². The first-order valence-electron chi connectivity index (χ1n) is 7.68. The molecule has 4 heteroatoms. The van der Waals surface area contributed by atoms with Crippen LogP contribution in [0.15, 0.2) is 18.2 Å². The van der Waals surface area contributed by atoms with E-state index in [4.69, 9.17) is 5.73 Å². The molecule has 21 heavy (non-hydrogen) atoms. The molecule has 2 N–H and O–H groups in total. The van der Waals surface area contributed by atoms with Gasteiger partial charge in [0.1, 0.15) is 0 Å². The molecule has 2 atom stereocenters. The number of hydrogen-bond acceptors (Lipinski definition) is 2. The Morgan fingerprint density at radius 2 is 2.14 bits per heavy atom. The third kappa shape index (κ3) is 3.78. The van der Waals surface area contributed by atoms with Crippen LogP contribution in [0.1, 0.15) is 55.3 Å². The molecule has 1 aromatic rings. The van der Waals surface area contributed by atoms with E-state index in [0.717, 1.165) is 32.2 Å². The number of nitrogens with two attached hydrogens (primary N) is 1. The standard InChI is InChI=1S/C17H26N2O.ClH/c1-4-7-15(18)17(20)19-11-6-10-16(19)14-9-5-8-12(2)13(14)3;/h5,8-9,15-16H,4,6-7,10-11,18H2,1-3H3;1H.